The van der Waals surface area contributed by atoms with Crippen molar-refractivity contribution in [2.75, 3.05) is 19.7 Å². The van der Waals surface area contributed by atoms with E-state index >= 15 is 0 Å². The largest absolute Gasteiger partial charge is 0.465 e. The second-order valence-electron chi connectivity index (χ2n) is 6.47. The Morgan fingerprint density at radius 2 is 1.80 bits per heavy atom. The summed E-state index contributed by atoms with van der Waals surface area (Å²) in [5, 5.41) is 3.15. The quantitative estimate of drug-likeness (QED) is 0.779. The van der Waals surface area contributed by atoms with E-state index in [9.17, 15) is 9.59 Å². The Kier molecular flexibility index (Phi) is 5.99. The van der Waals surface area contributed by atoms with E-state index in [1.54, 1.807) is 13.8 Å². The second kappa shape index (κ2) is 7.07. The van der Waals surface area contributed by atoms with Crippen molar-refractivity contribution in [3.05, 3.63) is 0 Å². The van der Waals surface area contributed by atoms with Crippen LogP contribution in [0.1, 0.15) is 47.5 Å². The van der Waals surface area contributed by atoms with Gasteiger partial charge < -0.3 is 9.64 Å². The molecule has 1 amide bonds. The lowest BCUT2D eigenvalue weighted by molar-refractivity contribution is -0.146. The molecule has 0 aliphatic carbocycles. The summed E-state index contributed by atoms with van der Waals surface area (Å²) >= 11 is 0. The molecule has 0 aromatic rings. The van der Waals surface area contributed by atoms with Crippen LogP contribution in [0, 0.1) is 5.41 Å². The predicted octanol–water partition coefficient (Wildman–Crippen LogP) is 1.56. The number of ether oxygens (including phenoxy) is 1. The normalized spacial score (nSPS) is 18.8. The van der Waals surface area contributed by atoms with Crippen LogP contribution in [0.2, 0.25) is 0 Å². The number of carbonyl (C=O) groups is 2. The molecule has 1 heterocycles. The fraction of sp³-hybridized carbons (Fsp3) is 0.867. The van der Waals surface area contributed by atoms with Gasteiger partial charge in [-0.05, 0) is 32.1 Å². The molecule has 5 nitrogen and oxygen atoms in total. The minimum absolute atomic E-state index is 0.0890. The lowest BCUT2D eigenvalue weighted by Gasteiger charge is -2.35. The van der Waals surface area contributed by atoms with Gasteiger partial charge in [-0.15, -0.1) is 0 Å². The predicted molar refractivity (Wildman–Crippen MR) is 78.3 cm³/mol. The van der Waals surface area contributed by atoms with E-state index in [1.165, 1.54) is 0 Å². The van der Waals surface area contributed by atoms with Crippen molar-refractivity contribution in [3.8, 4) is 0 Å². The Bertz CT molecular complexity index is 344. The molecule has 5 heteroatoms. The van der Waals surface area contributed by atoms with Gasteiger partial charge in [-0.3, -0.25) is 14.9 Å². The summed E-state index contributed by atoms with van der Waals surface area (Å²) in [6, 6.07) is -0.856. The average Bonchev–Trinajstić information content (AvgIpc) is 2.87. The molecular weight excluding hydrogens is 256 g/mol. The summed E-state index contributed by atoms with van der Waals surface area (Å²) in [5.41, 5.74) is -0.250. The van der Waals surface area contributed by atoms with Gasteiger partial charge in [0.2, 0.25) is 5.91 Å². The Balaban J connectivity index is 2.74. The molecule has 2 atom stereocenters. The van der Waals surface area contributed by atoms with Gasteiger partial charge in [-0.1, -0.05) is 20.8 Å². The molecule has 1 rings (SSSR count). The number of carbonyl (C=O) groups excluding carboxylic acids is 2. The average molecular weight is 284 g/mol. The van der Waals surface area contributed by atoms with Crippen LogP contribution in [0.25, 0.3) is 0 Å². The van der Waals surface area contributed by atoms with Crippen molar-refractivity contribution in [2.24, 2.45) is 5.41 Å². The van der Waals surface area contributed by atoms with E-state index in [0.717, 1.165) is 25.9 Å². The molecular formula is C15H28N2O3. The molecule has 1 N–H and O–H groups in total. The van der Waals surface area contributed by atoms with Gasteiger partial charge in [0.1, 0.15) is 6.04 Å². The summed E-state index contributed by atoms with van der Waals surface area (Å²) in [4.78, 5) is 26.2. The van der Waals surface area contributed by atoms with Gasteiger partial charge in [0.15, 0.2) is 0 Å². The fourth-order valence-corrected chi connectivity index (χ4v) is 2.40. The first-order chi connectivity index (χ1) is 9.27. The molecule has 0 radical (unpaired) electrons. The minimum atomic E-state index is -0.481. The van der Waals surface area contributed by atoms with Crippen LogP contribution >= 0.6 is 0 Å². The van der Waals surface area contributed by atoms with E-state index in [-0.39, 0.29) is 23.3 Å². The van der Waals surface area contributed by atoms with Crippen LogP contribution in [0.15, 0.2) is 0 Å². The second-order valence-corrected chi connectivity index (χ2v) is 6.47. The van der Waals surface area contributed by atoms with Crippen LogP contribution in [-0.2, 0) is 14.3 Å². The summed E-state index contributed by atoms with van der Waals surface area (Å²) in [6.07, 6.45) is 2.13. The maximum absolute atomic E-state index is 12.6. The minimum Gasteiger partial charge on any atom is -0.465 e. The molecule has 0 saturated carbocycles. The summed E-state index contributed by atoms with van der Waals surface area (Å²) < 4.78 is 5.00. The van der Waals surface area contributed by atoms with Crippen LogP contribution in [0.4, 0.5) is 0 Å². The molecule has 1 aliphatic heterocycles. The Hall–Kier alpha value is -1.10. The third-order valence-electron chi connectivity index (χ3n) is 3.59. The van der Waals surface area contributed by atoms with Crippen LogP contribution in [0.5, 0.6) is 0 Å². The molecule has 20 heavy (non-hydrogen) atoms. The van der Waals surface area contributed by atoms with E-state index < -0.39 is 6.04 Å². The number of likely N-dealkylation sites (tertiary alicyclic amines) is 1. The molecule has 1 aliphatic rings. The first-order valence-corrected chi connectivity index (χ1v) is 7.48. The number of amides is 1. The zero-order valence-electron chi connectivity index (χ0n) is 13.4. The monoisotopic (exact) mass is 284 g/mol. The number of hydrogen-bond donors (Lipinski definition) is 1. The van der Waals surface area contributed by atoms with E-state index in [0.29, 0.717) is 6.61 Å². The molecule has 0 aromatic carbocycles. The van der Waals surface area contributed by atoms with Crippen molar-refractivity contribution in [2.45, 2.75) is 59.5 Å². The Morgan fingerprint density at radius 1 is 1.25 bits per heavy atom. The first kappa shape index (κ1) is 17.0. The number of nitrogens with zero attached hydrogens (tertiary/aromatic N) is 1. The van der Waals surface area contributed by atoms with E-state index in [2.05, 4.69) is 5.32 Å². The highest BCUT2D eigenvalue weighted by atomic mass is 16.5. The zero-order chi connectivity index (χ0) is 15.3. The standard InChI is InChI=1S/C15H28N2O3/c1-6-20-14(19)11(2)16-12(15(3,4)5)13(18)17-9-7-8-10-17/h11-12,16H,6-10H2,1-5H3/t11-,12-/m1/s1. The molecule has 0 bridgehead atoms. The van der Waals surface area contributed by atoms with Crippen molar-refractivity contribution in [1.82, 2.24) is 10.2 Å². The molecule has 0 unspecified atom stereocenters. The number of hydrogen-bond acceptors (Lipinski definition) is 4. The highest BCUT2D eigenvalue weighted by molar-refractivity contribution is 5.84. The zero-order valence-corrected chi connectivity index (χ0v) is 13.4. The Morgan fingerprint density at radius 3 is 2.25 bits per heavy atom. The lowest BCUT2D eigenvalue weighted by atomic mass is 9.85. The van der Waals surface area contributed by atoms with E-state index in [1.807, 2.05) is 25.7 Å². The maximum Gasteiger partial charge on any atom is 0.322 e. The number of rotatable bonds is 5. The summed E-state index contributed by atoms with van der Waals surface area (Å²) in [5.74, 6) is -0.220. The molecule has 116 valence electrons. The Labute approximate surface area is 122 Å². The van der Waals surface area contributed by atoms with Gasteiger partial charge in [-0.25, -0.2) is 0 Å². The maximum atomic E-state index is 12.6. The van der Waals surface area contributed by atoms with Crippen LogP contribution < -0.4 is 5.32 Å². The van der Waals surface area contributed by atoms with Crippen molar-refractivity contribution in [3.63, 3.8) is 0 Å². The number of nitrogens with one attached hydrogen (secondary N) is 1. The first-order valence-electron chi connectivity index (χ1n) is 7.48. The number of esters is 1. The van der Waals surface area contributed by atoms with Crippen molar-refractivity contribution < 1.29 is 14.3 Å². The van der Waals surface area contributed by atoms with Crippen LogP contribution in [0.3, 0.4) is 0 Å². The van der Waals surface area contributed by atoms with E-state index in [4.69, 9.17) is 4.74 Å². The highest BCUT2D eigenvalue weighted by Crippen LogP contribution is 2.23. The van der Waals surface area contributed by atoms with Gasteiger partial charge in [-0.2, -0.15) is 0 Å². The third kappa shape index (κ3) is 4.47. The van der Waals surface area contributed by atoms with Crippen molar-refractivity contribution in [1.29, 1.82) is 0 Å². The smallest absolute Gasteiger partial charge is 0.322 e. The van der Waals surface area contributed by atoms with Gasteiger partial charge >= 0.3 is 5.97 Å². The fourth-order valence-electron chi connectivity index (χ4n) is 2.40. The lowest BCUT2D eigenvalue weighted by Crippen LogP contribution is -2.56. The van der Waals surface area contributed by atoms with Gasteiger partial charge in [0.25, 0.3) is 0 Å². The van der Waals surface area contributed by atoms with Gasteiger partial charge in [0, 0.05) is 13.1 Å². The highest BCUT2D eigenvalue weighted by Gasteiger charge is 2.37. The molecule has 0 aromatic heterocycles. The van der Waals surface area contributed by atoms with Gasteiger partial charge in [0.05, 0.1) is 12.6 Å². The van der Waals surface area contributed by atoms with Crippen LogP contribution in [-0.4, -0.2) is 48.6 Å². The molecule has 0 spiro atoms. The SMILES string of the molecule is CCOC(=O)[C@@H](C)N[C@H](C(=O)N1CCCC1)C(C)(C)C. The third-order valence-corrected chi connectivity index (χ3v) is 3.59. The summed E-state index contributed by atoms with van der Waals surface area (Å²) in [7, 11) is 0. The van der Waals surface area contributed by atoms with Crippen molar-refractivity contribution >= 4 is 11.9 Å². The summed E-state index contributed by atoms with van der Waals surface area (Å²) in [6.45, 7) is 11.5. The molecule has 1 saturated heterocycles. The topological polar surface area (TPSA) is 58.6 Å². The molecule has 1 fully saturated rings.